The molecule has 0 unspecified atom stereocenters. The molecule has 2 aromatic rings. The number of carbonyl (C=O) groups is 2. The van der Waals surface area contributed by atoms with Gasteiger partial charge in [0.1, 0.15) is 11.0 Å². The molecule has 0 bridgehead atoms. The van der Waals surface area contributed by atoms with E-state index in [4.69, 9.17) is 4.74 Å². The van der Waals surface area contributed by atoms with Crippen LogP contribution in [0.4, 0.5) is 11.4 Å². The minimum Gasteiger partial charge on any atom is -0.497 e. The molecule has 1 aliphatic rings. The van der Waals surface area contributed by atoms with Crippen molar-refractivity contribution in [2.24, 2.45) is 4.99 Å². The van der Waals surface area contributed by atoms with Crippen LogP contribution in [0.2, 0.25) is 0 Å². The lowest BCUT2D eigenvalue weighted by molar-refractivity contribution is -0.127. The van der Waals surface area contributed by atoms with E-state index in [2.05, 4.69) is 32.9 Å². The van der Waals surface area contributed by atoms with Crippen molar-refractivity contribution in [2.45, 2.75) is 11.7 Å². The number of benzene rings is 2. The van der Waals surface area contributed by atoms with E-state index in [1.807, 2.05) is 24.3 Å². The molecule has 1 aliphatic heterocycles. The minimum absolute atomic E-state index is 0.0889. The van der Waals surface area contributed by atoms with E-state index >= 15 is 0 Å². The summed E-state index contributed by atoms with van der Waals surface area (Å²) in [5.74, 6) is 0.386. The zero-order chi connectivity index (χ0) is 19.4. The van der Waals surface area contributed by atoms with Gasteiger partial charge in [-0.1, -0.05) is 11.8 Å². The average molecular weight is 495 g/mol. The van der Waals surface area contributed by atoms with E-state index in [1.165, 1.54) is 16.7 Å². The number of nitrogens with one attached hydrogen (secondary N) is 1. The van der Waals surface area contributed by atoms with Gasteiger partial charge in [-0.05, 0) is 71.1 Å². The maximum atomic E-state index is 12.5. The number of carbonyl (C=O) groups excluding carboxylic acids is 2. The molecule has 140 valence electrons. The highest BCUT2D eigenvalue weighted by Gasteiger charge is 2.36. The highest BCUT2D eigenvalue weighted by Crippen LogP contribution is 2.31. The Morgan fingerprint density at radius 3 is 2.52 bits per heavy atom. The highest BCUT2D eigenvalue weighted by atomic mass is 127. The molecule has 1 fully saturated rings. The number of rotatable bonds is 5. The van der Waals surface area contributed by atoms with Crippen LogP contribution >= 0.6 is 34.4 Å². The topological polar surface area (TPSA) is 71.0 Å². The number of hydrogen-bond donors (Lipinski definition) is 1. The molecule has 0 spiro atoms. The summed E-state index contributed by atoms with van der Waals surface area (Å²) >= 11 is 3.54. The molecule has 27 heavy (non-hydrogen) atoms. The van der Waals surface area contributed by atoms with Crippen LogP contribution in [-0.4, -0.2) is 41.3 Å². The maximum absolute atomic E-state index is 12.5. The fourth-order valence-electron chi connectivity index (χ4n) is 2.48. The van der Waals surface area contributed by atoms with Crippen LogP contribution in [0.3, 0.4) is 0 Å². The Bertz CT molecular complexity index is 869. The lowest BCUT2D eigenvalue weighted by Gasteiger charge is -2.09. The van der Waals surface area contributed by atoms with E-state index in [0.717, 1.165) is 9.26 Å². The Labute approximate surface area is 175 Å². The Morgan fingerprint density at radius 1 is 1.22 bits per heavy atom. The molecule has 3 rings (SSSR count). The molecule has 1 heterocycles. The first-order valence-electron chi connectivity index (χ1n) is 8.18. The predicted octanol–water partition coefficient (Wildman–Crippen LogP) is 3.89. The van der Waals surface area contributed by atoms with Gasteiger partial charge in [-0.2, -0.15) is 0 Å². The molecule has 0 saturated carbocycles. The molecule has 0 aliphatic carbocycles. The van der Waals surface area contributed by atoms with Crippen LogP contribution in [0.15, 0.2) is 53.5 Å². The van der Waals surface area contributed by atoms with Crippen molar-refractivity contribution in [3.63, 3.8) is 0 Å². The summed E-state index contributed by atoms with van der Waals surface area (Å²) in [4.78, 5) is 30.8. The quantitative estimate of drug-likeness (QED) is 0.640. The molecule has 2 aromatic carbocycles. The summed E-state index contributed by atoms with van der Waals surface area (Å²) in [5.41, 5.74) is 1.44. The van der Waals surface area contributed by atoms with Crippen molar-refractivity contribution in [1.29, 1.82) is 0 Å². The Balaban J connectivity index is 1.63. The highest BCUT2D eigenvalue weighted by molar-refractivity contribution is 14.1. The number of hydrogen-bond acceptors (Lipinski definition) is 5. The number of thioether (sulfide) groups is 1. The second-order valence-electron chi connectivity index (χ2n) is 5.86. The van der Waals surface area contributed by atoms with Crippen molar-refractivity contribution >= 4 is 62.7 Å². The van der Waals surface area contributed by atoms with Crippen molar-refractivity contribution in [3.8, 4) is 5.75 Å². The normalized spacial score (nSPS) is 18.0. The zero-order valence-corrected chi connectivity index (χ0v) is 17.8. The van der Waals surface area contributed by atoms with Gasteiger partial charge in [0.15, 0.2) is 5.17 Å². The lowest BCUT2D eigenvalue weighted by Crippen LogP contribution is -2.30. The second kappa shape index (κ2) is 8.75. The molecule has 1 N–H and O–H groups in total. The average Bonchev–Trinajstić information content (AvgIpc) is 2.92. The van der Waals surface area contributed by atoms with E-state index < -0.39 is 5.25 Å². The van der Waals surface area contributed by atoms with Gasteiger partial charge >= 0.3 is 0 Å². The van der Waals surface area contributed by atoms with E-state index in [-0.39, 0.29) is 18.2 Å². The van der Waals surface area contributed by atoms with Crippen LogP contribution in [0, 0.1) is 3.57 Å². The summed E-state index contributed by atoms with van der Waals surface area (Å²) in [6.07, 6.45) is 0.0889. The number of aliphatic imine (C=N–C) groups is 1. The number of methoxy groups -OCH3 is 1. The van der Waals surface area contributed by atoms with Crippen LogP contribution in [-0.2, 0) is 9.59 Å². The molecule has 0 radical (unpaired) electrons. The summed E-state index contributed by atoms with van der Waals surface area (Å²) in [6, 6.07) is 14.8. The van der Waals surface area contributed by atoms with Gasteiger partial charge in [-0.25, -0.2) is 4.99 Å². The third-order valence-corrected chi connectivity index (χ3v) is 5.88. The number of nitrogens with zero attached hydrogens (tertiary/aromatic N) is 2. The summed E-state index contributed by atoms with van der Waals surface area (Å²) in [6.45, 7) is 0. The summed E-state index contributed by atoms with van der Waals surface area (Å²) in [7, 11) is 3.27. The molecule has 6 nitrogen and oxygen atoms in total. The largest absolute Gasteiger partial charge is 0.497 e. The number of amides is 2. The molecular weight excluding hydrogens is 477 g/mol. The van der Waals surface area contributed by atoms with Gasteiger partial charge < -0.3 is 10.1 Å². The van der Waals surface area contributed by atoms with Gasteiger partial charge in [0.25, 0.3) is 0 Å². The molecule has 1 atom stereocenters. The third-order valence-electron chi connectivity index (χ3n) is 3.94. The van der Waals surface area contributed by atoms with Crippen LogP contribution in [0.5, 0.6) is 5.75 Å². The van der Waals surface area contributed by atoms with Crippen molar-refractivity contribution < 1.29 is 14.3 Å². The molecule has 8 heteroatoms. The fraction of sp³-hybridized carbons (Fsp3) is 0.211. The molecule has 0 aromatic heterocycles. The number of halogens is 1. The number of ether oxygens (including phenoxy) is 1. The van der Waals surface area contributed by atoms with Gasteiger partial charge in [-0.3, -0.25) is 14.5 Å². The van der Waals surface area contributed by atoms with Crippen molar-refractivity contribution in [1.82, 2.24) is 4.90 Å². The zero-order valence-electron chi connectivity index (χ0n) is 14.8. The standard InChI is InChI=1S/C19H18IN3O3S/c1-23-18(25)16(27-19(23)22-14-5-3-12(20)4-6-14)11-17(24)21-13-7-9-15(26-2)10-8-13/h3-10,16H,11H2,1-2H3,(H,21,24)/t16-/m0/s1. The second-order valence-corrected chi connectivity index (χ2v) is 8.27. The number of amidine groups is 1. The van der Waals surface area contributed by atoms with Crippen molar-refractivity contribution in [3.05, 3.63) is 52.1 Å². The molecule has 1 saturated heterocycles. The Hall–Kier alpha value is -2.07. The minimum atomic E-state index is -0.476. The SMILES string of the molecule is COc1ccc(NC(=O)C[C@@H]2SC(=Nc3ccc(I)cc3)N(C)C2=O)cc1. The maximum Gasteiger partial charge on any atom is 0.242 e. The van der Waals surface area contributed by atoms with Gasteiger partial charge in [0, 0.05) is 22.7 Å². The lowest BCUT2D eigenvalue weighted by atomic mass is 10.2. The van der Waals surface area contributed by atoms with Crippen LogP contribution < -0.4 is 10.1 Å². The van der Waals surface area contributed by atoms with Crippen LogP contribution in [0.25, 0.3) is 0 Å². The Kier molecular flexibility index (Phi) is 6.38. The molecule has 2 amide bonds. The first-order valence-corrected chi connectivity index (χ1v) is 10.1. The van der Waals surface area contributed by atoms with Gasteiger partial charge in [0.05, 0.1) is 12.8 Å². The van der Waals surface area contributed by atoms with Crippen LogP contribution in [0.1, 0.15) is 6.42 Å². The van der Waals surface area contributed by atoms with Crippen molar-refractivity contribution in [2.75, 3.05) is 19.5 Å². The fourth-order valence-corrected chi connectivity index (χ4v) is 3.99. The Morgan fingerprint density at radius 2 is 1.89 bits per heavy atom. The third kappa shape index (κ3) is 5.01. The smallest absolute Gasteiger partial charge is 0.242 e. The van der Waals surface area contributed by atoms with E-state index in [1.54, 1.807) is 38.4 Å². The number of anilines is 1. The first-order chi connectivity index (χ1) is 13.0. The predicted molar refractivity (Wildman–Crippen MR) is 117 cm³/mol. The first kappa shape index (κ1) is 19.7. The summed E-state index contributed by atoms with van der Waals surface area (Å²) in [5, 5.41) is 2.93. The van der Waals surface area contributed by atoms with E-state index in [0.29, 0.717) is 16.6 Å². The van der Waals surface area contributed by atoms with Gasteiger partial charge in [-0.15, -0.1) is 0 Å². The van der Waals surface area contributed by atoms with Gasteiger partial charge in [0.2, 0.25) is 11.8 Å². The summed E-state index contributed by atoms with van der Waals surface area (Å²) < 4.78 is 6.21. The monoisotopic (exact) mass is 495 g/mol. The van der Waals surface area contributed by atoms with E-state index in [9.17, 15) is 9.59 Å². The molecular formula is C19H18IN3O3S.